The summed E-state index contributed by atoms with van der Waals surface area (Å²) in [5.74, 6) is 2.00. The van der Waals surface area contributed by atoms with Crippen LogP contribution in [0.2, 0.25) is 0 Å². The lowest BCUT2D eigenvalue weighted by Gasteiger charge is -2.20. The second-order valence-corrected chi connectivity index (χ2v) is 6.01. The van der Waals surface area contributed by atoms with Crippen molar-refractivity contribution in [1.82, 2.24) is 0 Å². The van der Waals surface area contributed by atoms with Crippen LogP contribution in [0.4, 0.5) is 0 Å². The molecule has 0 heterocycles. The molecule has 0 aliphatic rings. The van der Waals surface area contributed by atoms with Gasteiger partial charge in [-0.15, -0.1) is 0 Å². The van der Waals surface area contributed by atoms with Crippen LogP contribution in [-0.4, -0.2) is 19.3 Å². The highest BCUT2D eigenvalue weighted by atomic mass is 16.5. The van der Waals surface area contributed by atoms with Gasteiger partial charge in [-0.25, -0.2) is 0 Å². The highest BCUT2D eigenvalue weighted by Crippen LogP contribution is 2.34. The molecule has 114 valence electrons. The molecule has 20 heavy (non-hydrogen) atoms. The molecule has 1 atom stereocenters. The van der Waals surface area contributed by atoms with Gasteiger partial charge in [0, 0.05) is 0 Å². The van der Waals surface area contributed by atoms with Crippen LogP contribution in [0.5, 0.6) is 5.75 Å². The van der Waals surface area contributed by atoms with E-state index in [1.165, 1.54) is 11.1 Å². The Kier molecular flexibility index (Phi) is 7.08. The van der Waals surface area contributed by atoms with Gasteiger partial charge >= 0.3 is 0 Å². The summed E-state index contributed by atoms with van der Waals surface area (Å²) in [5, 5.41) is 0. The van der Waals surface area contributed by atoms with Gasteiger partial charge in [0.15, 0.2) is 0 Å². The molecule has 0 saturated carbocycles. The van der Waals surface area contributed by atoms with Gasteiger partial charge in [-0.05, 0) is 36.3 Å². The first-order chi connectivity index (χ1) is 9.47. The minimum absolute atomic E-state index is 0.309. The molecular formula is C18H30O2. The third kappa shape index (κ3) is 4.82. The maximum absolute atomic E-state index is 6.06. The van der Waals surface area contributed by atoms with Gasteiger partial charge in [-0.1, -0.05) is 52.8 Å². The summed E-state index contributed by atoms with van der Waals surface area (Å²) in [5.41, 5.74) is 2.58. The van der Waals surface area contributed by atoms with Gasteiger partial charge in [-0.3, -0.25) is 0 Å². The molecular weight excluding hydrogens is 248 g/mol. The number of hydrogen-bond donors (Lipinski definition) is 0. The molecule has 0 bridgehead atoms. The van der Waals surface area contributed by atoms with Gasteiger partial charge < -0.3 is 9.47 Å². The van der Waals surface area contributed by atoms with E-state index in [2.05, 4.69) is 59.7 Å². The van der Waals surface area contributed by atoms with Crippen molar-refractivity contribution in [2.75, 3.05) is 13.2 Å². The summed E-state index contributed by atoms with van der Waals surface area (Å²) in [6.45, 7) is 14.3. The predicted molar refractivity (Wildman–Crippen MR) is 85.8 cm³/mol. The number of benzene rings is 1. The molecule has 0 spiro atoms. The molecule has 0 fully saturated rings. The Morgan fingerprint density at radius 3 is 1.90 bits per heavy atom. The molecule has 2 heteroatoms. The molecule has 0 saturated heterocycles. The molecule has 0 radical (unpaired) electrons. The largest absolute Gasteiger partial charge is 0.491 e. The van der Waals surface area contributed by atoms with Crippen LogP contribution in [0.1, 0.15) is 70.9 Å². The second-order valence-electron chi connectivity index (χ2n) is 6.01. The van der Waals surface area contributed by atoms with E-state index in [0.29, 0.717) is 31.2 Å². The third-order valence-corrected chi connectivity index (χ3v) is 3.63. The minimum Gasteiger partial charge on any atom is -0.491 e. The summed E-state index contributed by atoms with van der Waals surface area (Å²) in [7, 11) is 0. The molecule has 1 rings (SSSR count). The zero-order valence-electron chi connectivity index (χ0n) is 13.9. The molecule has 0 N–H and O–H groups in total. The minimum atomic E-state index is 0.309. The number of para-hydroxylation sites is 1. The normalized spacial score (nSPS) is 13.0. The van der Waals surface area contributed by atoms with E-state index < -0.39 is 0 Å². The first-order valence-corrected chi connectivity index (χ1v) is 7.84. The Morgan fingerprint density at radius 2 is 1.45 bits per heavy atom. The summed E-state index contributed by atoms with van der Waals surface area (Å²) in [4.78, 5) is 0. The highest BCUT2D eigenvalue weighted by Gasteiger charge is 2.14. The zero-order chi connectivity index (χ0) is 15.1. The molecule has 0 aromatic heterocycles. The molecule has 2 nitrogen and oxygen atoms in total. The monoisotopic (exact) mass is 278 g/mol. The molecule has 0 aliphatic carbocycles. The van der Waals surface area contributed by atoms with Gasteiger partial charge in [0.25, 0.3) is 0 Å². The Labute approximate surface area is 124 Å². The van der Waals surface area contributed by atoms with Crippen LogP contribution in [0.25, 0.3) is 0 Å². The number of rotatable bonds is 8. The van der Waals surface area contributed by atoms with Gasteiger partial charge in [0.1, 0.15) is 12.4 Å². The Bertz CT molecular complexity index is 370. The fourth-order valence-corrected chi connectivity index (χ4v) is 2.16. The SMILES string of the molecule is CCC(C)OCCOc1c(C(C)C)cccc1C(C)C. The maximum Gasteiger partial charge on any atom is 0.126 e. The smallest absolute Gasteiger partial charge is 0.126 e. The van der Waals surface area contributed by atoms with Crippen molar-refractivity contribution in [1.29, 1.82) is 0 Å². The van der Waals surface area contributed by atoms with Crippen molar-refractivity contribution in [2.45, 2.75) is 65.9 Å². The fraction of sp³-hybridized carbons (Fsp3) is 0.667. The number of hydrogen-bond acceptors (Lipinski definition) is 2. The van der Waals surface area contributed by atoms with Crippen LogP contribution in [0.15, 0.2) is 18.2 Å². The van der Waals surface area contributed by atoms with E-state index >= 15 is 0 Å². The van der Waals surface area contributed by atoms with Crippen molar-refractivity contribution in [3.63, 3.8) is 0 Å². The molecule has 1 aromatic carbocycles. The maximum atomic E-state index is 6.06. The highest BCUT2D eigenvalue weighted by molar-refractivity contribution is 5.44. The second kappa shape index (κ2) is 8.31. The Morgan fingerprint density at radius 1 is 0.900 bits per heavy atom. The van der Waals surface area contributed by atoms with Crippen LogP contribution < -0.4 is 4.74 Å². The average molecular weight is 278 g/mol. The van der Waals surface area contributed by atoms with Crippen LogP contribution in [0.3, 0.4) is 0 Å². The van der Waals surface area contributed by atoms with Crippen LogP contribution in [0, 0.1) is 0 Å². The summed E-state index contributed by atoms with van der Waals surface area (Å²) in [6.07, 6.45) is 1.35. The molecule has 0 aliphatic heterocycles. The summed E-state index contributed by atoms with van der Waals surface area (Å²) in [6, 6.07) is 6.47. The molecule has 1 unspecified atom stereocenters. The average Bonchev–Trinajstić information content (AvgIpc) is 2.42. The van der Waals surface area contributed by atoms with Crippen molar-refractivity contribution in [3.8, 4) is 5.75 Å². The topological polar surface area (TPSA) is 18.5 Å². The van der Waals surface area contributed by atoms with E-state index in [1.807, 2.05) is 0 Å². The lowest BCUT2D eigenvalue weighted by molar-refractivity contribution is 0.0422. The van der Waals surface area contributed by atoms with Gasteiger partial charge in [-0.2, -0.15) is 0 Å². The van der Waals surface area contributed by atoms with E-state index in [0.717, 1.165) is 12.2 Å². The summed E-state index contributed by atoms with van der Waals surface area (Å²) >= 11 is 0. The first kappa shape index (κ1) is 17.0. The van der Waals surface area contributed by atoms with Gasteiger partial charge in [0.2, 0.25) is 0 Å². The van der Waals surface area contributed by atoms with E-state index in [4.69, 9.17) is 9.47 Å². The van der Waals surface area contributed by atoms with E-state index in [1.54, 1.807) is 0 Å². The predicted octanol–water partition coefficient (Wildman–Crippen LogP) is 5.13. The van der Waals surface area contributed by atoms with Gasteiger partial charge in [0.05, 0.1) is 12.7 Å². The Balaban J connectivity index is 2.75. The first-order valence-electron chi connectivity index (χ1n) is 7.84. The molecule has 1 aromatic rings. The third-order valence-electron chi connectivity index (χ3n) is 3.63. The van der Waals surface area contributed by atoms with Crippen molar-refractivity contribution >= 4 is 0 Å². The van der Waals surface area contributed by atoms with Crippen molar-refractivity contribution in [3.05, 3.63) is 29.3 Å². The lowest BCUT2D eigenvalue weighted by atomic mass is 9.94. The van der Waals surface area contributed by atoms with Crippen LogP contribution in [-0.2, 0) is 4.74 Å². The van der Waals surface area contributed by atoms with Crippen molar-refractivity contribution in [2.24, 2.45) is 0 Å². The zero-order valence-corrected chi connectivity index (χ0v) is 13.9. The van der Waals surface area contributed by atoms with E-state index in [-0.39, 0.29) is 0 Å². The lowest BCUT2D eigenvalue weighted by Crippen LogP contribution is -2.14. The molecule has 0 amide bonds. The summed E-state index contributed by atoms with van der Waals surface area (Å²) < 4.78 is 11.7. The van der Waals surface area contributed by atoms with Crippen LogP contribution >= 0.6 is 0 Å². The standard InChI is InChI=1S/C18H30O2/c1-7-15(6)19-11-12-20-18-16(13(2)3)9-8-10-17(18)14(4)5/h8-10,13-15H,7,11-12H2,1-6H3. The quantitative estimate of drug-likeness (QED) is 0.614. The fourth-order valence-electron chi connectivity index (χ4n) is 2.16. The van der Waals surface area contributed by atoms with E-state index in [9.17, 15) is 0 Å². The van der Waals surface area contributed by atoms with Crippen molar-refractivity contribution < 1.29 is 9.47 Å². The number of ether oxygens (including phenoxy) is 2. The Hall–Kier alpha value is -1.02.